The second-order valence-electron chi connectivity index (χ2n) is 8.70. The summed E-state index contributed by atoms with van der Waals surface area (Å²) >= 11 is 1.89. The molecule has 1 aromatic carbocycles. The summed E-state index contributed by atoms with van der Waals surface area (Å²) in [6.07, 6.45) is 11.1. The fourth-order valence-electron chi connectivity index (χ4n) is 4.57. The van der Waals surface area contributed by atoms with Gasteiger partial charge in [0, 0.05) is 18.8 Å². The van der Waals surface area contributed by atoms with Crippen molar-refractivity contribution in [3.05, 3.63) is 56.7 Å². The van der Waals surface area contributed by atoms with Crippen molar-refractivity contribution >= 4 is 34.5 Å². The van der Waals surface area contributed by atoms with Crippen molar-refractivity contribution in [2.45, 2.75) is 63.3 Å². The van der Waals surface area contributed by atoms with Crippen LogP contribution in [0.3, 0.4) is 0 Å². The molecule has 2 saturated carbocycles. The number of aromatic amines is 1. The number of aromatic nitrogens is 1. The van der Waals surface area contributed by atoms with E-state index in [-0.39, 0.29) is 17.5 Å². The smallest absolute Gasteiger partial charge is 0.261 e. The molecule has 170 valence electrons. The molecule has 0 radical (unpaired) electrons. The van der Waals surface area contributed by atoms with Crippen LogP contribution >= 0.6 is 11.8 Å². The van der Waals surface area contributed by atoms with Gasteiger partial charge in [0.2, 0.25) is 0 Å². The summed E-state index contributed by atoms with van der Waals surface area (Å²) in [6.45, 7) is 0. The van der Waals surface area contributed by atoms with Crippen molar-refractivity contribution < 1.29 is 9.59 Å². The molecule has 0 saturated heterocycles. The number of fused-ring (bicyclic) bond motifs is 1. The molecular weight excluding hydrogens is 422 g/mol. The average molecular weight is 454 g/mol. The molecule has 6 nitrogen and oxygen atoms in total. The minimum atomic E-state index is -0.470. The first-order chi connectivity index (χ1) is 15.6. The second kappa shape index (κ2) is 10.4. The highest BCUT2D eigenvalue weighted by Crippen LogP contribution is 2.39. The highest BCUT2D eigenvalue weighted by Gasteiger charge is 2.28. The van der Waals surface area contributed by atoms with Crippen molar-refractivity contribution in [3.8, 4) is 0 Å². The summed E-state index contributed by atoms with van der Waals surface area (Å²) in [5, 5.41) is 8.50. The van der Waals surface area contributed by atoms with E-state index in [4.69, 9.17) is 0 Å². The topological polar surface area (TPSA) is 91.1 Å². The number of nitrogens with one attached hydrogen (secondary N) is 3. The van der Waals surface area contributed by atoms with Gasteiger partial charge in [-0.2, -0.15) is 0 Å². The lowest BCUT2D eigenvalue weighted by Gasteiger charge is -2.28. The third kappa shape index (κ3) is 4.93. The van der Waals surface area contributed by atoms with Crippen molar-refractivity contribution in [2.75, 3.05) is 12.8 Å². The normalized spacial score (nSPS) is 18.2. The monoisotopic (exact) mass is 453 g/mol. The van der Waals surface area contributed by atoms with Crippen molar-refractivity contribution in [1.29, 1.82) is 0 Å². The van der Waals surface area contributed by atoms with Gasteiger partial charge in [-0.1, -0.05) is 37.5 Å². The SMILES string of the molecule is C1=CSCC1.CNC(=O)c1cc2ccc(C3CCC3)c(C(=O)NC3CCCC3)c2[nH]c1=O. The number of H-pyrrole nitrogens is 1. The number of carbonyl (C=O) groups is 2. The van der Waals surface area contributed by atoms with E-state index in [9.17, 15) is 14.4 Å². The summed E-state index contributed by atoms with van der Waals surface area (Å²) in [5.74, 6) is 1.12. The van der Waals surface area contributed by atoms with Gasteiger partial charge in [-0.3, -0.25) is 14.4 Å². The van der Waals surface area contributed by atoms with Crippen molar-refractivity contribution in [2.24, 2.45) is 0 Å². The molecule has 2 aromatic rings. The third-order valence-electron chi connectivity index (χ3n) is 6.58. The Morgan fingerprint density at radius 1 is 1.06 bits per heavy atom. The number of benzene rings is 1. The molecule has 5 rings (SSSR count). The number of thioether (sulfide) groups is 1. The molecule has 2 fully saturated rings. The van der Waals surface area contributed by atoms with Crippen LogP contribution < -0.4 is 16.2 Å². The van der Waals surface area contributed by atoms with Gasteiger partial charge >= 0.3 is 0 Å². The number of amides is 2. The Morgan fingerprint density at radius 2 is 1.84 bits per heavy atom. The first-order valence-electron chi connectivity index (χ1n) is 11.6. The van der Waals surface area contributed by atoms with E-state index in [1.54, 1.807) is 6.07 Å². The standard InChI is InChI=1S/C21H25N3O3.C4H6S/c1-22-19(25)16-11-13-9-10-15(12-5-4-6-12)17(18(13)24-20(16)26)21(27)23-14-7-2-3-8-14;1-2-4-5-3-1/h9-12,14H,2-8H2,1H3,(H,22,25)(H,23,27)(H,24,26);1,3H,2,4H2. The highest BCUT2D eigenvalue weighted by molar-refractivity contribution is 8.02. The largest absolute Gasteiger partial charge is 0.355 e. The van der Waals surface area contributed by atoms with Crippen LogP contribution in [0, 0.1) is 0 Å². The fourth-order valence-corrected chi connectivity index (χ4v) is 5.25. The molecule has 1 aromatic heterocycles. The molecule has 2 heterocycles. The van der Waals surface area contributed by atoms with Gasteiger partial charge in [0.1, 0.15) is 5.56 Å². The first-order valence-corrected chi connectivity index (χ1v) is 12.6. The zero-order valence-electron chi connectivity index (χ0n) is 18.5. The molecule has 1 aliphatic heterocycles. The Labute approximate surface area is 192 Å². The number of hydrogen-bond acceptors (Lipinski definition) is 4. The van der Waals surface area contributed by atoms with Gasteiger partial charge in [0.05, 0.1) is 11.1 Å². The first kappa shape index (κ1) is 22.6. The molecule has 0 atom stereocenters. The Balaban J connectivity index is 0.000000433. The van der Waals surface area contributed by atoms with Crippen LogP contribution in [0.5, 0.6) is 0 Å². The number of carbonyl (C=O) groups excluding carboxylic acids is 2. The van der Waals surface area contributed by atoms with Crippen LogP contribution in [0.1, 0.15) is 83.6 Å². The molecule has 32 heavy (non-hydrogen) atoms. The molecule has 2 aliphatic carbocycles. The number of allylic oxidation sites excluding steroid dienone is 1. The number of pyridine rings is 1. The van der Waals surface area contributed by atoms with E-state index in [2.05, 4.69) is 27.1 Å². The summed E-state index contributed by atoms with van der Waals surface area (Å²) in [5.41, 5.74) is 1.70. The number of rotatable bonds is 4. The Kier molecular flexibility index (Phi) is 7.35. The van der Waals surface area contributed by atoms with Gasteiger partial charge < -0.3 is 15.6 Å². The van der Waals surface area contributed by atoms with E-state index in [1.165, 1.54) is 25.6 Å². The Morgan fingerprint density at radius 3 is 2.41 bits per heavy atom. The lowest BCUT2D eigenvalue weighted by atomic mass is 9.77. The summed E-state index contributed by atoms with van der Waals surface area (Å²) in [6, 6.07) is 5.67. The minimum absolute atomic E-state index is 0.0588. The summed E-state index contributed by atoms with van der Waals surface area (Å²) < 4.78 is 0. The van der Waals surface area contributed by atoms with Crippen LogP contribution in [-0.4, -0.2) is 35.6 Å². The summed E-state index contributed by atoms with van der Waals surface area (Å²) in [4.78, 5) is 40.4. The van der Waals surface area contributed by atoms with Gasteiger partial charge in [0.15, 0.2) is 0 Å². The van der Waals surface area contributed by atoms with Crippen LogP contribution in [0.15, 0.2) is 34.5 Å². The van der Waals surface area contributed by atoms with E-state index in [1.807, 2.05) is 23.9 Å². The van der Waals surface area contributed by atoms with Crippen LogP contribution in [-0.2, 0) is 0 Å². The van der Waals surface area contributed by atoms with Crippen molar-refractivity contribution in [3.63, 3.8) is 0 Å². The van der Waals surface area contributed by atoms with Crippen LogP contribution in [0.4, 0.5) is 0 Å². The molecule has 0 unspecified atom stereocenters. The quantitative estimate of drug-likeness (QED) is 0.637. The van der Waals surface area contributed by atoms with Gasteiger partial charge in [-0.05, 0) is 60.4 Å². The molecule has 0 bridgehead atoms. The molecule has 0 spiro atoms. The highest BCUT2D eigenvalue weighted by atomic mass is 32.2. The predicted octanol–water partition coefficient (Wildman–Crippen LogP) is 4.46. The van der Waals surface area contributed by atoms with Gasteiger partial charge in [0.25, 0.3) is 17.4 Å². The average Bonchev–Trinajstić information content (AvgIpc) is 3.48. The molecular formula is C25H31N3O3S. The maximum atomic E-state index is 13.2. The zero-order chi connectivity index (χ0) is 22.5. The zero-order valence-corrected chi connectivity index (χ0v) is 19.4. The lowest BCUT2D eigenvalue weighted by Crippen LogP contribution is -2.34. The van der Waals surface area contributed by atoms with E-state index in [0.29, 0.717) is 22.4 Å². The van der Waals surface area contributed by atoms with E-state index < -0.39 is 11.5 Å². The number of hydrogen-bond donors (Lipinski definition) is 3. The molecule has 2 amide bonds. The van der Waals surface area contributed by atoms with Crippen molar-refractivity contribution in [1.82, 2.24) is 15.6 Å². The lowest BCUT2D eigenvalue weighted by molar-refractivity contribution is 0.0935. The molecule has 3 aliphatic rings. The Hall–Kier alpha value is -2.54. The van der Waals surface area contributed by atoms with Gasteiger partial charge in [-0.15, -0.1) is 11.8 Å². The minimum Gasteiger partial charge on any atom is -0.355 e. The maximum absolute atomic E-state index is 13.2. The molecule has 3 N–H and O–H groups in total. The van der Waals surface area contributed by atoms with Crippen LogP contribution in [0.25, 0.3) is 10.9 Å². The van der Waals surface area contributed by atoms with E-state index in [0.717, 1.165) is 44.1 Å². The van der Waals surface area contributed by atoms with Crippen LogP contribution in [0.2, 0.25) is 0 Å². The third-order valence-corrected chi connectivity index (χ3v) is 7.44. The fraction of sp³-hybridized carbons (Fsp3) is 0.480. The predicted molar refractivity (Wildman–Crippen MR) is 130 cm³/mol. The molecule has 7 heteroatoms. The maximum Gasteiger partial charge on any atom is 0.261 e. The Bertz CT molecular complexity index is 1080. The second-order valence-corrected chi connectivity index (χ2v) is 9.71. The van der Waals surface area contributed by atoms with E-state index >= 15 is 0 Å². The van der Waals surface area contributed by atoms with Gasteiger partial charge in [-0.25, -0.2) is 0 Å². The summed E-state index contributed by atoms with van der Waals surface area (Å²) in [7, 11) is 1.49.